The molecule has 0 bridgehead atoms. The predicted molar refractivity (Wildman–Crippen MR) is 125 cm³/mol. The number of hydrogen-bond acceptors (Lipinski definition) is 6. The van der Waals surface area contributed by atoms with E-state index in [0.29, 0.717) is 23.2 Å². The van der Waals surface area contributed by atoms with E-state index in [0.717, 1.165) is 10.3 Å². The van der Waals surface area contributed by atoms with Crippen LogP contribution in [0.15, 0.2) is 63.5 Å². The summed E-state index contributed by atoms with van der Waals surface area (Å²) < 4.78 is 2.55. The summed E-state index contributed by atoms with van der Waals surface area (Å²) in [5, 5.41) is 14.9. The second-order valence-corrected chi connectivity index (χ2v) is 8.43. The first-order chi connectivity index (χ1) is 15.5. The summed E-state index contributed by atoms with van der Waals surface area (Å²) >= 11 is 1.54. The van der Waals surface area contributed by atoms with Gasteiger partial charge in [0.15, 0.2) is 0 Å². The molecule has 0 saturated carbocycles. The highest BCUT2D eigenvalue weighted by Gasteiger charge is 2.16. The molecule has 1 amide bonds. The zero-order chi connectivity index (χ0) is 22.7. The first-order valence-corrected chi connectivity index (χ1v) is 11.2. The Balaban J connectivity index is 1.50. The Morgan fingerprint density at radius 3 is 2.53 bits per heavy atom. The molecule has 8 nitrogen and oxygen atoms in total. The summed E-state index contributed by atoms with van der Waals surface area (Å²) in [6.45, 7) is 3.77. The minimum atomic E-state index is -0.344. The highest BCUT2D eigenvalue weighted by Crippen LogP contribution is 2.21. The molecule has 0 spiro atoms. The van der Waals surface area contributed by atoms with Crippen LogP contribution in [0.5, 0.6) is 0 Å². The van der Waals surface area contributed by atoms with Crippen molar-refractivity contribution in [3.63, 3.8) is 0 Å². The third kappa shape index (κ3) is 4.52. The van der Waals surface area contributed by atoms with E-state index in [1.165, 1.54) is 15.4 Å². The number of carbonyl (C=O) groups is 1. The summed E-state index contributed by atoms with van der Waals surface area (Å²) in [4.78, 5) is 38.7. The van der Waals surface area contributed by atoms with E-state index < -0.39 is 0 Å². The average Bonchev–Trinajstić information content (AvgIpc) is 3.33. The maximum absolute atomic E-state index is 12.7. The highest BCUT2D eigenvalue weighted by molar-refractivity contribution is 7.13. The van der Waals surface area contributed by atoms with Crippen molar-refractivity contribution in [2.75, 3.05) is 0 Å². The normalized spacial score (nSPS) is 12.1. The second kappa shape index (κ2) is 9.27. The van der Waals surface area contributed by atoms with Crippen molar-refractivity contribution >= 4 is 28.0 Å². The van der Waals surface area contributed by atoms with Crippen LogP contribution in [0.3, 0.4) is 0 Å². The van der Waals surface area contributed by atoms with Crippen molar-refractivity contribution < 1.29 is 4.79 Å². The molecule has 1 N–H and O–H groups in total. The number of nitrogens with one attached hydrogen (secondary N) is 1. The lowest BCUT2D eigenvalue weighted by atomic mass is 10.1. The maximum atomic E-state index is 12.7. The number of amides is 1. The van der Waals surface area contributed by atoms with Crippen molar-refractivity contribution in [1.29, 1.82) is 0 Å². The summed E-state index contributed by atoms with van der Waals surface area (Å²) in [6.07, 6.45) is 0.599. The Kier molecular flexibility index (Phi) is 6.27. The third-order valence-electron chi connectivity index (χ3n) is 5.24. The molecule has 0 unspecified atom stereocenters. The Morgan fingerprint density at radius 1 is 1.03 bits per heavy atom. The van der Waals surface area contributed by atoms with Crippen LogP contribution in [0, 0.1) is 6.92 Å². The monoisotopic (exact) mass is 449 g/mol. The Bertz CT molecular complexity index is 1370. The van der Waals surface area contributed by atoms with Crippen LogP contribution in [-0.2, 0) is 17.9 Å². The fourth-order valence-electron chi connectivity index (χ4n) is 3.54. The van der Waals surface area contributed by atoms with Crippen LogP contribution in [0.4, 0.5) is 0 Å². The summed E-state index contributed by atoms with van der Waals surface area (Å²) in [6, 6.07) is 13.9. The van der Waals surface area contributed by atoms with Crippen molar-refractivity contribution in [3.05, 3.63) is 80.3 Å². The lowest BCUT2D eigenvalue weighted by molar-refractivity contribution is -0.122. The smallest absolute Gasteiger partial charge is 0.275 e. The number of aryl methyl sites for hydroxylation is 1. The van der Waals surface area contributed by atoms with Gasteiger partial charge in [-0.05, 0) is 36.9 Å². The number of fused-ring (bicyclic) bond motifs is 1. The first-order valence-electron chi connectivity index (χ1n) is 10.3. The molecule has 3 heterocycles. The largest absolute Gasteiger partial charge is 0.350 e. The molecule has 1 atom stereocenters. The van der Waals surface area contributed by atoms with E-state index in [2.05, 4.69) is 15.5 Å². The van der Waals surface area contributed by atoms with Crippen molar-refractivity contribution in [1.82, 2.24) is 24.9 Å². The number of aromatic nitrogens is 4. The van der Waals surface area contributed by atoms with E-state index in [4.69, 9.17) is 0 Å². The van der Waals surface area contributed by atoms with E-state index in [-0.39, 0.29) is 36.2 Å². The molecule has 0 aliphatic carbocycles. The first kappa shape index (κ1) is 21.6. The molecule has 32 heavy (non-hydrogen) atoms. The van der Waals surface area contributed by atoms with Gasteiger partial charge in [0.2, 0.25) is 5.91 Å². The van der Waals surface area contributed by atoms with Gasteiger partial charge < -0.3 is 5.32 Å². The average molecular weight is 450 g/mol. The molecular formula is C23H23N5O3S. The highest BCUT2D eigenvalue weighted by atomic mass is 32.1. The van der Waals surface area contributed by atoms with Crippen molar-refractivity contribution in [2.45, 2.75) is 39.4 Å². The standard InChI is InChI=1S/C23H23N5O3S/c1-3-16(13-27-22(30)11-10-19(26-27)20-9-6-12-32-20)24-21(29)14-28-23(31)18-8-5-4-7-17(18)15(2)25-28/h4-12,16H,3,13-14H2,1-2H3,(H,24,29)/t16-/m1/s1. The van der Waals surface area contributed by atoms with Gasteiger partial charge in [-0.15, -0.1) is 11.3 Å². The third-order valence-corrected chi connectivity index (χ3v) is 6.13. The molecule has 9 heteroatoms. The molecule has 0 fully saturated rings. The molecule has 0 saturated heterocycles. The molecule has 164 valence electrons. The van der Waals surface area contributed by atoms with Gasteiger partial charge in [0.1, 0.15) is 12.2 Å². The van der Waals surface area contributed by atoms with Crippen LogP contribution >= 0.6 is 11.3 Å². The minimum Gasteiger partial charge on any atom is -0.350 e. The van der Waals surface area contributed by atoms with Gasteiger partial charge in [-0.3, -0.25) is 14.4 Å². The minimum absolute atomic E-state index is 0.196. The number of benzene rings is 1. The second-order valence-electron chi connectivity index (χ2n) is 7.48. The molecule has 4 rings (SSSR count). The number of carbonyl (C=O) groups excluding carboxylic acids is 1. The summed E-state index contributed by atoms with van der Waals surface area (Å²) in [5.41, 5.74) is 0.848. The zero-order valence-corrected chi connectivity index (χ0v) is 18.6. The molecule has 0 aliphatic heterocycles. The van der Waals surface area contributed by atoms with E-state index >= 15 is 0 Å². The van der Waals surface area contributed by atoms with Gasteiger partial charge in [-0.25, -0.2) is 9.36 Å². The van der Waals surface area contributed by atoms with E-state index in [1.54, 1.807) is 29.5 Å². The van der Waals surface area contributed by atoms with Gasteiger partial charge in [0.25, 0.3) is 11.1 Å². The van der Waals surface area contributed by atoms with Crippen LogP contribution in [0.25, 0.3) is 21.3 Å². The van der Waals surface area contributed by atoms with Gasteiger partial charge >= 0.3 is 0 Å². The zero-order valence-electron chi connectivity index (χ0n) is 17.8. The quantitative estimate of drug-likeness (QED) is 0.468. The fraction of sp³-hybridized carbons (Fsp3) is 0.261. The number of rotatable bonds is 7. The Hall–Kier alpha value is -3.59. The van der Waals surface area contributed by atoms with Crippen molar-refractivity contribution in [3.8, 4) is 10.6 Å². The molecule has 1 aromatic carbocycles. The Labute approximate surface area is 188 Å². The summed E-state index contributed by atoms with van der Waals surface area (Å²) in [7, 11) is 0. The number of thiophene rings is 1. The van der Waals surface area contributed by atoms with Crippen LogP contribution in [-0.4, -0.2) is 31.5 Å². The summed E-state index contributed by atoms with van der Waals surface area (Å²) in [5.74, 6) is -0.344. The van der Waals surface area contributed by atoms with Gasteiger partial charge in [0.05, 0.1) is 22.5 Å². The predicted octanol–water partition coefficient (Wildman–Crippen LogP) is 2.59. The van der Waals surface area contributed by atoms with Gasteiger partial charge in [0, 0.05) is 17.5 Å². The molecule has 0 radical (unpaired) electrons. The van der Waals surface area contributed by atoms with E-state index in [9.17, 15) is 14.4 Å². The molecule has 4 aromatic rings. The lowest BCUT2D eigenvalue weighted by Crippen LogP contribution is -2.43. The van der Waals surface area contributed by atoms with Crippen LogP contribution < -0.4 is 16.4 Å². The van der Waals surface area contributed by atoms with Crippen LogP contribution in [0.2, 0.25) is 0 Å². The number of nitrogens with zero attached hydrogens (tertiary/aromatic N) is 4. The maximum Gasteiger partial charge on any atom is 0.275 e. The van der Waals surface area contributed by atoms with Crippen molar-refractivity contribution in [2.24, 2.45) is 0 Å². The molecular weight excluding hydrogens is 426 g/mol. The Morgan fingerprint density at radius 2 is 1.81 bits per heavy atom. The lowest BCUT2D eigenvalue weighted by Gasteiger charge is -2.18. The van der Waals surface area contributed by atoms with Gasteiger partial charge in [-0.2, -0.15) is 10.2 Å². The molecule has 0 aliphatic rings. The topological polar surface area (TPSA) is 98.9 Å². The van der Waals surface area contributed by atoms with Gasteiger partial charge in [-0.1, -0.05) is 31.2 Å². The van der Waals surface area contributed by atoms with Crippen LogP contribution in [0.1, 0.15) is 19.0 Å². The van der Waals surface area contributed by atoms with E-state index in [1.807, 2.05) is 43.5 Å². The fourth-order valence-corrected chi connectivity index (χ4v) is 4.23. The SMILES string of the molecule is CC[C@H](Cn1nc(-c2cccs2)ccc1=O)NC(=O)Cn1nc(C)c2ccccc2c1=O. The molecule has 3 aromatic heterocycles. The number of hydrogen-bond donors (Lipinski definition) is 1.